The summed E-state index contributed by atoms with van der Waals surface area (Å²) in [6.45, 7) is 0. The molecule has 0 radical (unpaired) electrons. The molecule has 2 N–H and O–H groups in total. The number of carbonyl (C=O) groups is 1. The third-order valence-electron chi connectivity index (χ3n) is 5.06. The van der Waals surface area contributed by atoms with Crippen LogP contribution in [0, 0.1) is 0 Å². The molecule has 1 aliphatic carbocycles. The molecule has 0 unspecified atom stereocenters. The lowest BCUT2D eigenvalue weighted by Crippen LogP contribution is -2.08. The molecule has 0 atom stereocenters. The molecule has 1 aliphatic rings. The number of primary amides is 1. The van der Waals surface area contributed by atoms with Gasteiger partial charge in [0.2, 0.25) is 0 Å². The molecular formula is C23H21NO2. The molecule has 1 aromatic heterocycles. The molecule has 4 aromatic rings. The summed E-state index contributed by atoms with van der Waals surface area (Å²) < 4.78 is 4.57. The zero-order chi connectivity index (χ0) is 17.9. The van der Waals surface area contributed by atoms with E-state index in [1.54, 1.807) is 11.1 Å². The number of nitrogens with two attached hydrogens (primary N) is 1. The van der Waals surface area contributed by atoms with Crippen molar-refractivity contribution in [2.45, 2.75) is 25.7 Å². The summed E-state index contributed by atoms with van der Waals surface area (Å²) in [6.07, 6.45) is 7.93. The summed E-state index contributed by atoms with van der Waals surface area (Å²) in [4.78, 5) is 10.2. The Morgan fingerprint density at radius 2 is 1.65 bits per heavy atom. The molecule has 0 saturated heterocycles. The minimum Gasteiger partial charge on any atom is -0.472 e. The molecular weight excluding hydrogens is 322 g/mol. The fourth-order valence-corrected chi connectivity index (χ4v) is 3.75. The van der Waals surface area contributed by atoms with Gasteiger partial charge in [0.25, 0.3) is 5.91 Å². The largest absolute Gasteiger partial charge is 0.472 e. The standard InChI is InChI=1S/C18H16.C5H5NO2/c1-3-7-15-13(5-1)9-11-18-16-8-4-2-6-14(16)10-12-17(15)18;6-5(7)4-1-2-8-3-4/h1,3,5,7,9-12H,2,4,6,8H2;1-3H,(H2,6,7). The van der Waals surface area contributed by atoms with Crippen molar-refractivity contribution >= 4 is 27.5 Å². The molecule has 5 rings (SSSR count). The third-order valence-corrected chi connectivity index (χ3v) is 5.06. The predicted octanol–water partition coefficient (Wildman–Crippen LogP) is 5.25. The molecule has 0 spiro atoms. The van der Waals surface area contributed by atoms with Gasteiger partial charge in [-0.3, -0.25) is 4.79 Å². The van der Waals surface area contributed by atoms with Crippen LogP contribution in [0.2, 0.25) is 0 Å². The Morgan fingerprint density at radius 1 is 0.846 bits per heavy atom. The molecule has 0 saturated carbocycles. The summed E-state index contributed by atoms with van der Waals surface area (Å²) in [5.74, 6) is -0.459. The molecule has 0 fully saturated rings. The van der Waals surface area contributed by atoms with Crippen LogP contribution in [-0.2, 0) is 12.8 Å². The van der Waals surface area contributed by atoms with Crippen LogP contribution >= 0.6 is 0 Å². The lowest BCUT2D eigenvalue weighted by atomic mass is 9.86. The van der Waals surface area contributed by atoms with Crippen LogP contribution < -0.4 is 5.73 Å². The number of benzene rings is 3. The van der Waals surface area contributed by atoms with Gasteiger partial charge in [0.05, 0.1) is 11.8 Å². The second kappa shape index (κ2) is 7.04. The molecule has 3 aromatic carbocycles. The van der Waals surface area contributed by atoms with Crippen molar-refractivity contribution in [3.05, 3.63) is 83.8 Å². The highest BCUT2D eigenvalue weighted by Crippen LogP contribution is 2.33. The van der Waals surface area contributed by atoms with Crippen molar-refractivity contribution in [1.82, 2.24) is 0 Å². The fraction of sp³-hybridized carbons (Fsp3) is 0.174. The van der Waals surface area contributed by atoms with Crippen LogP contribution in [0.5, 0.6) is 0 Å². The van der Waals surface area contributed by atoms with E-state index in [0.29, 0.717) is 5.56 Å². The highest BCUT2D eigenvalue weighted by molar-refractivity contribution is 6.08. The average molecular weight is 343 g/mol. The topological polar surface area (TPSA) is 56.2 Å². The van der Waals surface area contributed by atoms with Gasteiger partial charge in [-0.25, -0.2) is 0 Å². The van der Waals surface area contributed by atoms with E-state index in [0.717, 1.165) is 0 Å². The summed E-state index contributed by atoms with van der Waals surface area (Å²) in [5.41, 5.74) is 8.44. The average Bonchev–Trinajstić information content (AvgIpc) is 3.23. The minimum atomic E-state index is -0.459. The van der Waals surface area contributed by atoms with Crippen LogP contribution in [0.1, 0.15) is 34.3 Å². The van der Waals surface area contributed by atoms with Crippen LogP contribution in [0.25, 0.3) is 21.5 Å². The number of rotatable bonds is 1. The SMILES string of the molecule is NC(=O)c1ccoc1.c1ccc2c(c1)ccc1c3c(ccc12)CCCC3. The molecule has 130 valence electrons. The van der Waals surface area contributed by atoms with Gasteiger partial charge in [-0.05, 0) is 64.4 Å². The Kier molecular flexibility index (Phi) is 4.44. The molecule has 0 aliphatic heterocycles. The first kappa shape index (κ1) is 16.4. The van der Waals surface area contributed by atoms with Crippen LogP contribution in [0.3, 0.4) is 0 Å². The van der Waals surface area contributed by atoms with Gasteiger partial charge in [0.1, 0.15) is 6.26 Å². The smallest absolute Gasteiger partial charge is 0.251 e. The van der Waals surface area contributed by atoms with Gasteiger partial charge in [-0.2, -0.15) is 0 Å². The molecule has 1 amide bonds. The number of hydrogen-bond acceptors (Lipinski definition) is 2. The fourth-order valence-electron chi connectivity index (χ4n) is 3.75. The van der Waals surface area contributed by atoms with Gasteiger partial charge >= 0.3 is 0 Å². The van der Waals surface area contributed by atoms with Crippen molar-refractivity contribution in [1.29, 1.82) is 0 Å². The quantitative estimate of drug-likeness (QED) is 0.480. The van der Waals surface area contributed by atoms with E-state index < -0.39 is 5.91 Å². The summed E-state index contributed by atoms with van der Waals surface area (Å²) >= 11 is 0. The van der Waals surface area contributed by atoms with Crippen molar-refractivity contribution < 1.29 is 9.21 Å². The first-order chi connectivity index (χ1) is 12.7. The lowest BCUT2D eigenvalue weighted by molar-refractivity contribution is 0.0999. The Balaban J connectivity index is 0.000000178. The molecule has 26 heavy (non-hydrogen) atoms. The van der Waals surface area contributed by atoms with Crippen molar-refractivity contribution in [2.75, 3.05) is 0 Å². The molecule has 1 heterocycles. The van der Waals surface area contributed by atoms with Gasteiger partial charge in [0, 0.05) is 0 Å². The maximum absolute atomic E-state index is 10.2. The zero-order valence-electron chi connectivity index (χ0n) is 14.6. The van der Waals surface area contributed by atoms with E-state index in [4.69, 9.17) is 5.73 Å². The summed E-state index contributed by atoms with van der Waals surface area (Å²) in [5, 5.41) is 5.64. The Morgan fingerprint density at radius 3 is 2.42 bits per heavy atom. The van der Waals surface area contributed by atoms with Gasteiger partial charge < -0.3 is 10.2 Å². The number of fused-ring (bicyclic) bond motifs is 5. The van der Waals surface area contributed by atoms with E-state index in [-0.39, 0.29) is 0 Å². The maximum Gasteiger partial charge on any atom is 0.251 e. The van der Waals surface area contributed by atoms with E-state index in [1.807, 2.05) is 0 Å². The zero-order valence-corrected chi connectivity index (χ0v) is 14.6. The van der Waals surface area contributed by atoms with Crippen molar-refractivity contribution in [2.24, 2.45) is 5.73 Å². The monoisotopic (exact) mass is 343 g/mol. The highest BCUT2D eigenvalue weighted by atomic mass is 16.3. The number of amides is 1. The lowest BCUT2D eigenvalue weighted by Gasteiger charge is -2.18. The van der Waals surface area contributed by atoms with E-state index in [9.17, 15) is 4.79 Å². The highest BCUT2D eigenvalue weighted by Gasteiger charge is 2.13. The van der Waals surface area contributed by atoms with Gasteiger partial charge in [-0.1, -0.05) is 48.5 Å². The molecule has 0 bridgehead atoms. The van der Waals surface area contributed by atoms with Gasteiger partial charge in [0.15, 0.2) is 0 Å². The Bertz CT molecular complexity index is 1060. The van der Waals surface area contributed by atoms with E-state index >= 15 is 0 Å². The predicted molar refractivity (Wildman–Crippen MR) is 105 cm³/mol. The first-order valence-electron chi connectivity index (χ1n) is 8.98. The number of hydrogen-bond donors (Lipinski definition) is 1. The maximum atomic E-state index is 10.2. The van der Waals surface area contributed by atoms with Crippen molar-refractivity contribution in [3.8, 4) is 0 Å². The second-order valence-corrected chi connectivity index (χ2v) is 6.67. The number of furan rings is 1. The van der Waals surface area contributed by atoms with Crippen LogP contribution in [-0.4, -0.2) is 5.91 Å². The van der Waals surface area contributed by atoms with Gasteiger partial charge in [-0.15, -0.1) is 0 Å². The normalized spacial score (nSPS) is 13.1. The summed E-state index contributed by atoms with van der Waals surface area (Å²) in [6, 6.07) is 19.5. The van der Waals surface area contributed by atoms with E-state index in [1.165, 1.54) is 65.8 Å². The second-order valence-electron chi connectivity index (χ2n) is 6.67. The third kappa shape index (κ3) is 3.08. The van der Waals surface area contributed by atoms with Crippen LogP contribution in [0.4, 0.5) is 0 Å². The number of aryl methyl sites for hydroxylation is 2. The molecule has 3 nitrogen and oxygen atoms in total. The first-order valence-corrected chi connectivity index (χ1v) is 8.98. The number of carbonyl (C=O) groups excluding carboxylic acids is 1. The Labute approximate surface area is 152 Å². The minimum absolute atomic E-state index is 0.407. The van der Waals surface area contributed by atoms with Crippen LogP contribution in [0.15, 0.2) is 71.5 Å². The van der Waals surface area contributed by atoms with Crippen molar-refractivity contribution in [3.63, 3.8) is 0 Å². The summed E-state index contributed by atoms with van der Waals surface area (Å²) in [7, 11) is 0. The Hall–Kier alpha value is -3.07. The van der Waals surface area contributed by atoms with E-state index in [2.05, 4.69) is 52.9 Å². The molecule has 3 heteroatoms.